The number of benzene rings is 1. The monoisotopic (exact) mass is 257 g/mol. The summed E-state index contributed by atoms with van der Waals surface area (Å²) in [5, 5.41) is 12.8. The van der Waals surface area contributed by atoms with Gasteiger partial charge in [-0.05, 0) is 37.6 Å². The minimum Gasteiger partial charge on any atom is -0.314 e. The molecule has 1 N–H and O–H groups in total. The zero-order chi connectivity index (χ0) is 13.8. The molecule has 0 aliphatic carbocycles. The van der Waals surface area contributed by atoms with Crippen molar-refractivity contribution < 1.29 is 0 Å². The molecule has 102 valence electrons. The smallest absolute Gasteiger partial charge is 0.0995 e. The number of nitrogens with one attached hydrogen (secondary N) is 1. The van der Waals surface area contributed by atoms with Gasteiger partial charge >= 0.3 is 0 Å². The van der Waals surface area contributed by atoms with Gasteiger partial charge in [0.1, 0.15) is 0 Å². The molecule has 0 spiro atoms. The van der Waals surface area contributed by atoms with Gasteiger partial charge in [-0.25, -0.2) is 0 Å². The Kier molecular flexibility index (Phi) is 4.57. The Bertz CT molecular complexity index is 461. The van der Waals surface area contributed by atoms with Crippen LogP contribution in [0.5, 0.6) is 0 Å². The van der Waals surface area contributed by atoms with Crippen LogP contribution < -0.4 is 5.32 Å². The highest BCUT2D eigenvalue weighted by atomic mass is 15.2. The molecule has 1 heterocycles. The third kappa shape index (κ3) is 3.15. The minimum absolute atomic E-state index is 0.363. The fourth-order valence-electron chi connectivity index (χ4n) is 2.98. The Morgan fingerprint density at radius 3 is 2.84 bits per heavy atom. The van der Waals surface area contributed by atoms with Crippen LogP contribution in [0.2, 0.25) is 0 Å². The molecule has 3 heteroatoms. The first-order chi connectivity index (χ1) is 9.13. The van der Waals surface area contributed by atoms with E-state index in [2.05, 4.69) is 43.2 Å². The maximum Gasteiger partial charge on any atom is 0.0995 e. The van der Waals surface area contributed by atoms with E-state index in [1.807, 2.05) is 18.2 Å². The molecule has 0 amide bonds. The van der Waals surface area contributed by atoms with Crippen molar-refractivity contribution >= 4 is 0 Å². The summed E-state index contributed by atoms with van der Waals surface area (Å²) in [5.74, 6) is 0.585. The Morgan fingerprint density at radius 2 is 2.16 bits per heavy atom. The molecule has 1 saturated heterocycles. The third-order valence-corrected chi connectivity index (χ3v) is 3.96. The first kappa shape index (κ1) is 14.0. The minimum atomic E-state index is 0.363. The van der Waals surface area contributed by atoms with Crippen molar-refractivity contribution in [1.29, 1.82) is 5.26 Å². The summed E-state index contributed by atoms with van der Waals surface area (Å²) in [6.45, 7) is 6.48. The number of nitrogens with zero attached hydrogens (tertiary/aromatic N) is 2. The Morgan fingerprint density at radius 1 is 1.42 bits per heavy atom. The standard InChI is InChI=1S/C16H23N3/c1-12(2)18-11-14-8-9-19(3)16(14)15-7-5-4-6-13(15)10-17/h4-7,12,14,16,18H,8-9,11H2,1-3H3. The molecule has 1 fully saturated rings. The van der Waals surface area contributed by atoms with Gasteiger partial charge in [0.25, 0.3) is 0 Å². The van der Waals surface area contributed by atoms with Crippen molar-refractivity contribution in [3.05, 3.63) is 35.4 Å². The normalized spacial score (nSPS) is 23.7. The molecule has 2 unspecified atom stereocenters. The molecule has 19 heavy (non-hydrogen) atoms. The Labute approximate surface area is 116 Å². The predicted octanol–water partition coefficient (Wildman–Crippen LogP) is 2.55. The number of hydrogen-bond donors (Lipinski definition) is 1. The molecule has 2 rings (SSSR count). The second-order valence-electron chi connectivity index (χ2n) is 5.74. The fraction of sp³-hybridized carbons (Fsp3) is 0.562. The number of rotatable bonds is 4. The highest BCUT2D eigenvalue weighted by molar-refractivity contribution is 5.40. The molecule has 1 aromatic rings. The average Bonchev–Trinajstić information content (AvgIpc) is 2.77. The highest BCUT2D eigenvalue weighted by Crippen LogP contribution is 2.37. The van der Waals surface area contributed by atoms with Gasteiger partial charge in [-0.2, -0.15) is 5.26 Å². The summed E-state index contributed by atoms with van der Waals surface area (Å²) in [7, 11) is 2.16. The molecular weight excluding hydrogens is 234 g/mol. The van der Waals surface area contributed by atoms with E-state index in [4.69, 9.17) is 0 Å². The van der Waals surface area contributed by atoms with Crippen LogP contribution in [0, 0.1) is 17.2 Å². The zero-order valence-electron chi connectivity index (χ0n) is 12.1. The molecule has 1 aliphatic rings. The molecule has 0 saturated carbocycles. The van der Waals surface area contributed by atoms with Gasteiger partial charge in [0.05, 0.1) is 11.6 Å². The Hall–Kier alpha value is -1.37. The molecule has 0 aromatic heterocycles. The summed E-state index contributed by atoms with van der Waals surface area (Å²) in [6, 6.07) is 11.2. The first-order valence-electron chi connectivity index (χ1n) is 7.06. The number of likely N-dealkylation sites (tertiary alicyclic amines) is 1. The van der Waals surface area contributed by atoms with Crippen molar-refractivity contribution in [2.24, 2.45) is 5.92 Å². The van der Waals surface area contributed by atoms with Crippen LogP contribution in [0.25, 0.3) is 0 Å². The summed E-state index contributed by atoms with van der Waals surface area (Å²) in [5.41, 5.74) is 2.00. The van der Waals surface area contributed by atoms with E-state index >= 15 is 0 Å². The van der Waals surface area contributed by atoms with E-state index < -0.39 is 0 Å². The SMILES string of the molecule is CC(C)NCC1CCN(C)C1c1ccccc1C#N. The Balaban J connectivity index is 2.22. The predicted molar refractivity (Wildman–Crippen MR) is 77.8 cm³/mol. The summed E-state index contributed by atoms with van der Waals surface area (Å²) in [6.07, 6.45) is 1.20. The van der Waals surface area contributed by atoms with Gasteiger partial charge in [0, 0.05) is 18.6 Å². The van der Waals surface area contributed by atoms with Crippen molar-refractivity contribution in [2.45, 2.75) is 32.4 Å². The van der Waals surface area contributed by atoms with Gasteiger partial charge < -0.3 is 5.32 Å². The van der Waals surface area contributed by atoms with E-state index in [1.54, 1.807) is 0 Å². The largest absolute Gasteiger partial charge is 0.314 e. The van der Waals surface area contributed by atoms with Crippen LogP contribution in [0.1, 0.15) is 37.4 Å². The van der Waals surface area contributed by atoms with Gasteiger partial charge in [-0.15, -0.1) is 0 Å². The van der Waals surface area contributed by atoms with Gasteiger partial charge in [0.15, 0.2) is 0 Å². The quantitative estimate of drug-likeness (QED) is 0.901. The topological polar surface area (TPSA) is 39.1 Å². The lowest BCUT2D eigenvalue weighted by molar-refractivity contribution is 0.269. The van der Waals surface area contributed by atoms with E-state index in [-0.39, 0.29) is 0 Å². The van der Waals surface area contributed by atoms with Crippen LogP contribution in [0.15, 0.2) is 24.3 Å². The number of nitriles is 1. The molecule has 1 aromatic carbocycles. The summed E-state index contributed by atoms with van der Waals surface area (Å²) < 4.78 is 0. The van der Waals surface area contributed by atoms with Crippen LogP contribution in [0.3, 0.4) is 0 Å². The van der Waals surface area contributed by atoms with E-state index in [9.17, 15) is 5.26 Å². The second kappa shape index (κ2) is 6.18. The molecule has 0 radical (unpaired) electrons. The number of hydrogen-bond acceptors (Lipinski definition) is 3. The maximum atomic E-state index is 9.29. The zero-order valence-corrected chi connectivity index (χ0v) is 12.1. The average molecular weight is 257 g/mol. The summed E-state index contributed by atoms with van der Waals surface area (Å²) in [4.78, 5) is 2.38. The first-order valence-corrected chi connectivity index (χ1v) is 7.06. The fourth-order valence-corrected chi connectivity index (χ4v) is 2.98. The van der Waals surface area contributed by atoms with E-state index in [0.717, 1.165) is 18.7 Å². The van der Waals surface area contributed by atoms with Crippen LogP contribution >= 0.6 is 0 Å². The van der Waals surface area contributed by atoms with Crippen molar-refractivity contribution in [2.75, 3.05) is 20.1 Å². The second-order valence-corrected chi connectivity index (χ2v) is 5.74. The van der Waals surface area contributed by atoms with Crippen LogP contribution in [-0.4, -0.2) is 31.1 Å². The van der Waals surface area contributed by atoms with Gasteiger partial charge in [0.2, 0.25) is 0 Å². The molecule has 1 aliphatic heterocycles. The van der Waals surface area contributed by atoms with Crippen molar-refractivity contribution in [3.63, 3.8) is 0 Å². The molecule has 2 atom stereocenters. The lowest BCUT2D eigenvalue weighted by Gasteiger charge is -2.27. The van der Waals surface area contributed by atoms with Crippen LogP contribution in [-0.2, 0) is 0 Å². The third-order valence-electron chi connectivity index (χ3n) is 3.96. The van der Waals surface area contributed by atoms with Crippen LogP contribution in [0.4, 0.5) is 0 Å². The van der Waals surface area contributed by atoms with Gasteiger partial charge in [-0.1, -0.05) is 32.0 Å². The maximum absolute atomic E-state index is 9.29. The summed E-state index contributed by atoms with van der Waals surface area (Å²) >= 11 is 0. The lowest BCUT2D eigenvalue weighted by atomic mass is 9.90. The van der Waals surface area contributed by atoms with Crippen molar-refractivity contribution in [1.82, 2.24) is 10.2 Å². The van der Waals surface area contributed by atoms with E-state index in [1.165, 1.54) is 12.0 Å². The lowest BCUT2D eigenvalue weighted by Crippen LogP contribution is -2.32. The molecule has 3 nitrogen and oxygen atoms in total. The molecular formula is C16H23N3. The van der Waals surface area contributed by atoms with Crippen molar-refractivity contribution in [3.8, 4) is 6.07 Å². The molecule has 0 bridgehead atoms. The van der Waals surface area contributed by atoms with Gasteiger partial charge in [-0.3, -0.25) is 4.90 Å². The highest BCUT2D eigenvalue weighted by Gasteiger charge is 2.33. The van der Waals surface area contributed by atoms with E-state index in [0.29, 0.717) is 18.0 Å².